The summed E-state index contributed by atoms with van der Waals surface area (Å²) in [5.41, 5.74) is -0.801. The van der Waals surface area contributed by atoms with Crippen LogP contribution in [0, 0.1) is 5.92 Å². The van der Waals surface area contributed by atoms with E-state index in [1.165, 1.54) is 12.1 Å². The van der Waals surface area contributed by atoms with Crippen LogP contribution in [0.4, 0.5) is 13.2 Å². The smallest absolute Gasteiger partial charge is 0.416 e. The van der Waals surface area contributed by atoms with Crippen LogP contribution in [0.1, 0.15) is 25.8 Å². The molecular weight excluding hydrogens is 361 g/mol. The second-order valence-corrected chi connectivity index (χ2v) is 7.05. The molecule has 152 valence electrons. The molecule has 1 unspecified atom stereocenters. The highest BCUT2D eigenvalue weighted by Gasteiger charge is 2.30. The Balaban J connectivity index is 1.83. The minimum Gasteiger partial charge on any atom is -0.484 e. The van der Waals surface area contributed by atoms with Crippen molar-refractivity contribution in [2.24, 2.45) is 5.92 Å². The van der Waals surface area contributed by atoms with Gasteiger partial charge in [0, 0.05) is 25.7 Å². The molecule has 1 saturated heterocycles. The topological polar surface area (TPSA) is 50.8 Å². The Morgan fingerprint density at radius 2 is 2.00 bits per heavy atom. The number of benzene rings is 1. The molecule has 1 amide bonds. The molecule has 0 radical (unpaired) electrons. The number of hydrogen-bond acceptors (Lipinski definition) is 4. The molecule has 5 nitrogen and oxygen atoms in total. The minimum absolute atomic E-state index is 0.0203. The summed E-state index contributed by atoms with van der Waals surface area (Å²) in [4.78, 5) is 14.4. The van der Waals surface area contributed by atoms with Crippen LogP contribution in [0.15, 0.2) is 24.3 Å². The van der Waals surface area contributed by atoms with Crippen LogP contribution in [-0.2, 0) is 15.7 Å². The summed E-state index contributed by atoms with van der Waals surface area (Å²) in [6, 6.07) is 4.71. The van der Waals surface area contributed by atoms with Crippen molar-refractivity contribution in [3.8, 4) is 5.75 Å². The number of nitrogens with one attached hydrogen (secondary N) is 1. The molecule has 1 atom stereocenters. The molecule has 27 heavy (non-hydrogen) atoms. The van der Waals surface area contributed by atoms with Gasteiger partial charge in [0.1, 0.15) is 5.75 Å². The van der Waals surface area contributed by atoms with Gasteiger partial charge >= 0.3 is 6.18 Å². The van der Waals surface area contributed by atoms with Crippen molar-refractivity contribution < 1.29 is 27.4 Å². The zero-order valence-electron chi connectivity index (χ0n) is 15.7. The SMILES string of the molecule is CC(C)CC(CNC(=O)COc1cccc(C(F)(F)F)c1)N1CCOCC1. The second-order valence-electron chi connectivity index (χ2n) is 7.05. The van der Waals surface area contributed by atoms with Crippen LogP contribution in [0.2, 0.25) is 0 Å². The van der Waals surface area contributed by atoms with Crippen LogP contribution in [0.3, 0.4) is 0 Å². The largest absolute Gasteiger partial charge is 0.484 e. The van der Waals surface area contributed by atoms with Gasteiger partial charge in [0.2, 0.25) is 0 Å². The Morgan fingerprint density at radius 1 is 1.30 bits per heavy atom. The van der Waals surface area contributed by atoms with E-state index in [0.29, 0.717) is 25.7 Å². The van der Waals surface area contributed by atoms with Gasteiger partial charge in [-0.3, -0.25) is 9.69 Å². The Bertz CT molecular complexity index is 602. The summed E-state index contributed by atoms with van der Waals surface area (Å²) in [7, 11) is 0. The zero-order valence-corrected chi connectivity index (χ0v) is 15.7. The normalized spacial score (nSPS) is 17.0. The predicted octanol–water partition coefficient (Wildman–Crippen LogP) is 2.95. The average molecular weight is 388 g/mol. The van der Waals surface area contributed by atoms with Gasteiger partial charge in [0.05, 0.1) is 18.8 Å². The van der Waals surface area contributed by atoms with E-state index in [1.54, 1.807) is 0 Å². The van der Waals surface area contributed by atoms with Gasteiger partial charge in [0.15, 0.2) is 6.61 Å². The summed E-state index contributed by atoms with van der Waals surface area (Å²) in [6.45, 7) is 7.43. The molecule has 1 N–H and O–H groups in total. The number of nitrogens with zero attached hydrogens (tertiary/aromatic N) is 1. The first-order valence-corrected chi connectivity index (χ1v) is 9.14. The van der Waals surface area contributed by atoms with Crippen LogP contribution >= 0.6 is 0 Å². The number of hydrogen-bond donors (Lipinski definition) is 1. The van der Waals surface area contributed by atoms with Crippen molar-refractivity contribution in [2.45, 2.75) is 32.5 Å². The number of carbonyl (C=O) groups is 1. The van der Waals surface area contributed by atoms with E-state index in [9.17, 15) is 18.0 Å². The fourth-order valence-electron chi connectivity index (χ4n) is 3.04. The zero-order chi connectivity index (χ0) is 19.9. The number of ether oxygens (including phenoxy) is 2. The van der Waals surface area contributed by atoms with E-state index in [-0.39, 0.29) is 24.3 Å². The molecule has 0 aliphatic carbocycles. The summed E-state index contributed by atoms with van der Waals surface area (Å²) >= 11 is 0. The fraction of sp³-hybridized carbons (Fsp3) is 0.632. The van der Waals surface area contributed by atoms with Crippen molar-refractivity contribution in [3.05, 3.63) is 29.8 Å². The van der Waals surface area contributed by atoms with Crippen LogP contribution in [0.25, 0.3) is 0 Å². The lowest BCUT2D eigenvalue weighted by Crippen LogP contribution is -2.49. The number of amides is 1. The van der Waals surface area contributed by atoms with E-state index in [0.717, 1.165) is 31.6 Å². The third-order valence-electron chi connectivity index (χ3n) is 4.37. The molecule has 0 saturated carbocycles. The molecule has 1 aliphatic rings. The number of halogens is 3. The maximum Gasteiger partial charge on any atom is 0.416 e. The summed E-state index contributed by atoms with van der Waals surface area (Å²) in [5, 5.41) is 2.83. The standard InChI is InChI=1S/C19H27F3N2O3/c1-14(2)10-16(24-6-8-26-9-7-24)12-23-18(25)13-27-17-5-3-4-15(11-17)19(20,21)22/h3-5,11,14,16H,6-10,12-13H2,1-2H3,(H,23,25). The quantitative estimate of drug-likeness (QED) is 0.744. The first-order valence-electron chi connectivity index (χ1n) is 9.14. The Hall–Kier alpha value is -1.80. The van der Waals surface area contributed by atoms with Gasteiger partial charge in [0.25, 0.3) is 5.91 Å². The molecule has 1 aliphatic heterocycles. The third kappa shape index (κ3) is 7.38. The fourth-order valence-corrected chi connectivity index (χ4v) is 3.04. The molecule has 0 bridgehead atoms. The lowest BCUT2D eigenvalue weighted by molar-refractivity contribution is -0.137. The van der Waals surface area contributed by atoms with E-state index in [4.69, 9.17) is 9.47 Å². The highest BCUT2D eigenvalue weighted by Crippen LogP contribution is 2.31. The van der Waals surface area contributed by atoms with Gasteiger partial charge in [-0.1, -0.05) is 19.9 Å². The van der Waals surface area contributed by atoms with Gasteiger partial charge in [-0.25, -0.2) is 0 Å². The monoisotopic (exact) mass is 388 g/mol. The highest BCUT2D eigenvalue weighted by molar-refractivity contribution is 5.77. The van der Waals surface area contributed by atoms with Crippen molar-refractivity contribution in [3.63, 3.8) is 0 Å². The van der Waals surface area contributed by atoms with E-state index < -0.39 is 11.7 Å². The molecule has 1 aromatic carbocycles. The van der Waals surface area contributed by atoms with Gasteiger partial charge in [-0.2, -0.15) is 13.2 Å². The number of morpholine rings is 1. The number of carbonyl (C=O) groups excluding carboxylic acids is 1. The summed E-state index contributed by atoms with van der Waals surface area (Å²) < 4.78 is 48.7. The van der Waals surface area contributed by atoms with Gasteiger partial charge < -0.3 is 14.8 Å². The van der Waals surface area contributed by atoms with Crippen molar-refractivity contribution in [1.29, 1.82) is 0 Å². The first-order chi connectivity index (χ1) is 12.8. The molecular formula is C19H27F3N2O3. The summed E-state index contributed by atoms with van der Waals surface area (Å²) in [6.07, 6.45) is -3.50. The lowest BCUT2D eigenvalue weighted by Gasteiger charge is -2.35. The second kappa shape index (κ2) is 9.94. The molecule has 1 fully saturated rings. The van der Waals surface area contributed by atoms with E-state index >= 15 is 0 Å². The van der Waals surface area contributed by atoms with Gasteiger partial charge in [-0.05, 0) is 30.5 Å². The first kappa shape index (κ1) is 21.5. The van der Waals surface area contributed by atoms with Crippen LogP contribution in [-0.4, -0.2) is 56.3 Å². The third-order valence-corrected chi connectivity index (χ3v) is 4.37. The molecule has 0 spiro atoms. The van der Waals surface area contributed by atoms with Crippen LogP contribution in [0.5, 0.6) is 5.75 Å². The van der Waals surface area contributed by atoms with Crippen molar-refractivity contribution in [1.82, 2.24) is 10.2 Å². The Labute approximate surface area is 157 Å². The summed E-state index contributed by atoms with van der Waals surface area (Å²) in [5.74, 6) is 0.150. The molecule has 2 rings (SSSR count). The van der Waals surface area contributed by atoms with Crippen LogP contribution < -0.4 is 10.1 Å². The lowest BCUT2D eigenvalue weighted by atomic mass is 10.0. The van der Waals surface area contributed by atoms with Gasteiger partial charge in [-0.15, -0.1) is 0 Å². The minimum atomic E-state index is -4.44. The van der Waals surface area contributed by atoms with E-state index in [2.05, 4.69) is 24.1 Å². The highest BCUT2D eigenvalue weighted by atomic mass is 19.4. The van der Waals surface area contributed by atoms with E-state index in [1.807, 2.05) is 0 Å². The van der Waals surface area contributed by atoms with Crippen molar-refractivity contribution >= 4 is 5.91 Å². The number of rotatable bonds is 8. The molecule has 1 heterocycles. The number of alkyl halides is 3. The predicted molar refractivity (Wildman–Crippen MR) is 95.6 cm³/mol. The molecule has 8 heteroatoms. The average Bonchev–Trinajstić information content (AvgIpc) is 2.63. The maximum atomic E-state index is 12.7. The molecule has 0 aromatic heterocycles. The Morgan fingerprint density at radius 3 is 2.63 bits per heavy atom. The Kier molecular flexibility index (Phi) is 7.91. The molecule has 1 aromatic rings. The maximum absolute atomic E-state index is 12.7. The van der Waals surface area contributed by atoms with Crippen molar-refractivity contribution in [2.75, 3.05) is 39.5 Å².